The van der Waals surface area contributed by atoms with Crippen molar-refractivity contribution in [2.45, 2.75) is 39.2 Å². The Labute approximate surface area is 193 Å². The molecule has 2 amide bonds. The molecule has 176 valence electrons. The lowest BCUT2D eigenvalue weighted by Crippen LogP contribution is -2.48. The minimum Gasteiger partial charge on any atom is -0.493 e. The molecule has 0 N–H and O–H groups in total. The van der Waals surface area contributed by atoms with E-state index < -0.39 is 29.8 Å². The number of methoxy groups -OCH3 is 2. The Morgan fingerprint density at radius 2 is 1.70 bits per heavy atom. The monoisotopic (exact) mass is 455 g/mol. The van der Waals surface area contributed by atoms with Crippen LogP contribution >= 0.6 is 0 Å². The van der Waals surface area contributed by atoms with Crippen molar-refractivity contribution in [3.05, 3.63) is 42.0 Å². The minimum absolute atomic E-state index is 0.0524. The van der Waals surface area contributed by atoms with Crippen LogP contribution in [0.15, 0.2) is 36.4 Å². The van der Waals surface area contributed by atoms with Crippen LogP contribution in [0.25, 0.3) is 6.08 Å². The number of rotatable bonds is 8. The van der Waals surface area contributed by atoms with Gasteiger partial charge in [-0.05, 0) is 49.0 Å². The lowest BCUT2D eigenvalue weighted by atomic mass is 9.85. The molecule has 8 nitrogen and oxygen atoms in total. The number of ether oxygens (including phenoxy) is 3. The zero-order chi connectivity index (χ0) is 24.1. The van der Waals surface area contributed by atoms with E-state index in [9.17, 15) is 19.2 Å². The average Bonchev–Trinajstić information content (AvgIpc) is 3.06. The van der Waals surface area contributed by atoms with Crippen molar-refractivity contribution in [3.63, 3.8) is 0 Å². The van der Waals surface area contributed by atoms with E-state index in [4.69, 9.17) is 9.47 Å². The highest BCUT2D eigenvalue weighted by atomic mass is 16.6. The summed E-state index contributed by atoms with van der Waals surface area (Å²) in [5, 5.41) is 0. The first-order chi connectivity index (χ1) is 15.8. The van der Waals surface area contributed by atoms with Crippen molar-refractivity contribution in [3.8, 4) is 11.5 Å². The van der Waals surface area contributed by atoms with Crippen LogP contribution in [0.2, 0.25) is 0 Å². The summed E-state index contributed by atoms with van der Waals surface area (Å²) in [6.45, 7) is 3.84. The number of likely N-dealkylation sites (tertiary alicyclic amines) is 1. The lowest BCUT2D eigenvalue weighted by molar-refractivity contribution is -0.154. The molecule has 1 aliphatic heterocycles. The molecule has 3 rings (SSSR count). The number of hydrogen-bond donors (Lipinski definition) is 0. The Hall–Kier alpha value is -3.42. The topological polar surface area (TPSA) is 99.2 Å². The quantitative estimate of drug-likeness (QED) is 0.195. The lowest BCUT2D eigenvalue weighted by Gasteiger charge is -2.26. The third kappa shape index (κ3) is 5.32. The third-order valence-electron chi connectivity index (χ3n) is 5.83. The molecule has 0 saturated carbocycles. The van der Waals surface area contributed by atoms with Crippen LogP contribution in [0.4, 0.5) is 0 Å². The predicted molar refractivity (Wildman–Crippen MR) is 120 cm³/mol. The predicted octanol–water partition coefficient (Wildman–Crippen LogP) is 3.15. The molecule has 33 heavy (non-hydrogen) atoms. The molecule has 1 saturated heterocycles. The smallest absolute Gasteiger partial charge is 0.334 e. The van der Waals surface area contributed by atoms with Gasteiger partial charge in [0.2, 0.25) is 11.8 Å². The summed E-state index contributed by atoms with van der Waals surface area (Å²) in [5.74, 6) is -2.16. The summed E-state index contributed by atoms with van der Waals surface area (Å²) in [5.41, 5.74) is 0.636. The molecular weight excluding hydrogens is 426 g/mol. The van der Waals surface area contributed by atoms with Gasteiger partial charge in [-0.2, -0.15) is 0 Å². The standard InChI is InChI=1S/C25H29NO7/c1-15(2)13-19(26-23(28)17-7-5-6-8-18(17)24(26)29)25(30)33-20-11-9-16(14-21(20)31-3)10-12-22(27)32-4/h5-6,9-12,14-15,17-19H,7-8,13H2,1-4H3/b12-10+. The van der Waals surface area contributed by atoms with Crippen molar-refractivity contribution in [2.24, 2.45) is 17.8 Å². The Morgan fingerprint density at radius 3 is 2.24 bits per heavy atom. The largest absolute Gasteiger partial charge is 0.493 e. The number of carbonyl (C=O) groups excluding carboxylic acids is 4. The van der Waals surface area contributed by atoms with Gasteiger partial charge >= 0.3 is 11.9 Å². The van der Waals surface area contributed by atoms with Gasteiger partial charge in [0.25, 0.3) is 0 Å². The second kappa shape index (κ2) is 10.5. The Balaban J connectivity index is 1.83. The molecule has 0 aromatic heterocycles. The average molecular weight is 456 g/mol. The van der Waals surface area contributed by atoms with E-state index >= 15 is 0 Å². The molecule has 1 heterocycles. The summed E-state index contributed by atoms with van der Waals surface area (Å²) in [6.07, 6.45) is 7.93. The molecule has 1 aromatic rings. The second-order valence-corrected chi connectivity index (χ2v) is 8.54. The van der Waals surface area contributed by atoms with Crippen molar-refractivity contribution in [1.29, 1.82) is 0 Å². The fourth-order valence-electron chi connectivity index (χ4n) is 4.17. The Bertz CT molecular complexity index is 968. The number of hydrogen-bond acceptors (Lipinski definition) is 7. The maximum Gasteiger partial charge on any atom is 0.334 e. The van der Waals surface area contributed by atoms with Gasteiger partial charge in [-0.25, -0.2) is 9.59 Å². The van der Waals surface area contributed by atoms with Gasteiger partial charge in [-0.15, -0.1) is 0 Å². The summed E-state index contributed by atoms with van der Waals surface area (Å²) in [4.78, 5) is 51.7. The molecule has 3 unspecified atom stereocenters. The van der Waals surface area contributed by atoms with E-state index in [0.717, 1.165) is 4.90 Å². The van der Waals surface area contributed by atoms with Gasteiger partial charge in [0, 0.05) is 6.08 Å². The third-order valence-corrected chi connectivity index (χ3v) is 5.83. The van der Waals surface area contributed by atoms with Crippen LogP contribution < -0.4 is 9.47 Å². The number of nitrogens with zero attached hydrogens (tertiary/aromatic N) is 1. The van der Waals surface area contributed by atoms with Crippen molar-refractivity contribution >= 4 is 29.8 Å². The fourth-order valence-corrected chi connectivity index (χ4v) is 4.17. The number of amides is 2. The van der Waals surface area contributed by atoms with Crippen molar-refractivity contribution in [2.75, 3.05) is 14.2 Å². The van der Waals surface area contributed by atoms with E-state index in [-0.39, 0.29) is 29.2 Å². The van der Waals surface area contributed by atoms with Gasteiger partial charge in [-0.3, -0.25) is 14.5 Å². The highest BCUT2D eigenvalue weighted by molar-refractivity contribution is 6.08. The van der Waals surface area contributed by atoms with Gasteiger partial charge in [0.1, 0.15) is 6.04 Å². The summed E-state index contributed by atoms with van der Waals surface area (Å²) >= 11 is 0. The van der Waals surface area contributed by atoms with E-state index in [2.05, 4.69) is 4.74 Å². The van der Waals surface area contributed by atoms with Crippen LogP contribution in [0.5, 0.6) is 11.5 Å². The van der Waals surface area contributed by atoms with Crippen LogP contribution in [0.1, 0.15) is 38.7 Å². The molecule has 1 aromatic carbocycles. The highest BCUT2D eigenvalue weighted by Crippen LogP contribution is 2.38. The second-order valence-electron chi connectivity index (χ2n) is 8.54. The molecule has 2 aliphatic rings. The molecule has 0 radical (unpaired) electrons. The van der Waals surface area contributed by atoms with E-state index in [1.807, 2.05) is 26.0 Å². The number of imide groups is 1. The van der Waals surface area contributed by atoms with E-state index in [1.165, 1.54) is 26.4 Å². The van der Waals surface area contributed by atoms with Crippen molar-refractivity contribution in [1.82, 2.24) is 4.90 Å². The molecule has 8 heteroatoms. The van der Waals surface area contributed by atoms with Gasteiger partial charge in [0.05, 0.1) is 26.1 Å². The molecular formula is C25H29NO7. The fraction of sp³-hybridized carbons (Fsp3) is 0.440. The van der Waals surface area contributed by atoms with Gasteiger partial charge in [-0.1, -0.05) is 32.1 Å². The van der Waals surface area contributed by atoms with Crippen LogP contribution in [0, 0.1) is 17.8 Å². The number of allylic oxidation sites excluding steroid dienone is 2. The summed E-state index contributed by atoms with van der Waals surface area (Å²) < 4.78 is 15.5. The van der Waals surface area contributed by atoms with Crippen molar-refractivity contribution < 1.29 is 33.4 Å². The zero-order valence-corrected chi connectivity index (χ0v) is 19.3. The SMILES string of the molecule is COC(=O)/C=C/c1ccc(OC(=O)C(CC(C)C)N2C(=O)C3CC=CCC3C2=O)c(OC)c1. The Kier molecular flexibility index (Phi) is 7.68. The molecule has 3 atom stereocenters. The van der Waals surface area contributed by atoms with E-state index in [1.54, 1.807) is 18.2 Å². The molecule has 0 spiro atoms. The van der Waals surface area contributed by atoms with Crippen LogP contribution in [-0.2, 0) is 23.9 Å². The Morgan fingerprint density at radius 1 is 1.06 bits per heavy atom. The highest BCUT2D eigenvalue weighted by Gasteiger charge is 2.51. The van der Waals surface area contributed by atoms with Crippen LogP contribution in [0.3, 0.4) is 0 Å². The number of benzene rings is 1. The van der Waals surface area contributed by atoms with Gasteiger partial charge < -0.3 is 14.2 Å². The van der Waals surface area contributed by atoms with Crippen LogP contribution in [-0.4, -0.2) is 48.9 Å². The van der Waals surface area contributed by atoms with Gasteiger partial charge in [0.15, 0.2) is 11.5 Å². The molecule has 1 aliphatic carbocycles. The maximum atomic E-state index is 13.2. The summed E-state index contributed by atoms with van der Waals surface area (Å²) in [6, 6.07) is 3.77. The normalized spacial score (nSPS) is 20.8. The first-order valence-corrected chi connectivity index (χ1v) is 10.9. The van der Waals surface area contributed by atoms with E-state index in [0.29, 0.717) is 24.8 Å². The number of esters is 2. The molecule has 1 fully saturated rings. The molecule has 0 bridgehead atoms. The maximum absolute atomic E-state index is 13.2. The first-order valence-electron chi connectivity index (χ1n) is 10.9. The number of fused-ring (bicyclic) bond motifs is 1. The minimum atomic E-state index is -1.01. The number of carbonyl (C=O) groups is 4. The first kappa shape index (κ1) is 24.2. The zero-order valence-electron chi connectivity index (χ0n) is 19.3. The summed E-state index contributed by atoms with van der Waals surface area (Å²) in [7, 11) is 2.71.